The number of phenolic OH excluding ortho intramolecular Hbond substituents is 1. The molecule has 0 unspecified atom stereocenters. The van der Waals surface area contributed by atoms with E-state index in [1.165, 1.54) is 6.07 Å². The molecule has 0 atom stereocenters. The zero-order chi connectivity index (χ0) is 28.0. The summed E-state index contributed by atoms with van der Waals surface area (Å²) in [7, 11) is -1.96. The predicted molar refractivity (Wildman–Crippen MR) is 149 cm³/mol. The molecule has 0 radical (unpaired) electrons. The number of benzene rings is 3. The van der Waals surface area contributed by atoms with Crippen molar-refractivity contribution in [1.29, 1.82) is 0 Å². The molecule has 3 aromatic rings. The van der Waals surface area contributed by atoms with Gasteiger partial charge in [-0.2, -0.15) is 16.8 Å². The number of aromatic hydroxyl groups is 1. The van der Waals surface area contributed by atoms with Gasteiger partial charge in [0.05, 0.1) is 4.90 Å². The average Bonchev–Trinajstić information content (AvgIpc) is 2.84. The number of hydrogen-bond acceptors (Lipinski definition) is 6. The Hall–Kier alpha value is -2.77. The van der Waals surface area contributed by atoms with E-state index in [1.54, 1.807) is 0 Å². The normalized spacial score (nSPS) is 13.4. The fourth-order valence-corrected chi connectivity index (χ4v) is 5.40. The second-order valence-electron chi connectivity index (χ2n) is 9.19. The molecule has 0 aromatic heterocycles. The minimum absolute atomic E-state index is 0. The molecule has 0 saturated carbocycles. The maximum absolute atomic E-state index is 12.3. The Balaban J connectivity index is 0.00000280. The van der Waals surface area contributed by atoms with Crippen molar-refractivity contribution in [3.05, 3.63) is 89.5 Å². The molecule has 4 rings (SSSR count). The Morgan fingerprint density at radius 1 is 0.846 bits per heavy atom. The molecule has 39 heavy (non-hydrogen) atoms. The van der Waals surface area contributed by atoms with Gasteiger partial charge in [0, 0.05) is 43.1 Å². The second-order valence-corrected chi connectivity index (χ2v) is 12.0. The summed E-state index contributed by atoms with van der Waals surface area (Å²) < 4.78 is 69.5. The van der Waals surface area contributed by atoms with Crippen molar-refractivity contribution in [2.45, 2.75) is 9.79 Å². The molecule has 0 spiro atoms. The summed E-state index contributed by atoms with van der Waals surface area (Å²) >= 11 is 0. The number of fused-ring (bicyclic) bond motifs is 1. The molecule has 0 heterocycles. The summed E-state index contributed by atoms with van der Waals surface area (Å²) in [5, 5.41) is 11.7. The van der Waals surface area contributed by atoms with Gasteiger partial charge in [-0.15, -0.1) is 0 Å². The number of anilines is 1. The quantitative estimate of drug-likeness (QED) is 0.230. The Kier molecular flexibility index (Phi) is 8.98. The van der Waals surface area contributed by atoms with Gasteiger partial charge in [-0.25, -0.2) is 4.58 Å². The van der Waals surface area contributed by atoms with Gasteiger partial charge in [-0.1, -0.05) is 18.2 Å². The Morgan fingerprint density at radius 2 is 1.44 bits per heavy atom. The van der Waals surface area contributed by atoms with Crippen LogP contribution in [0.2, 0.25) is 0 Å². The largest absolute Gasteiger partial charge is 1.00 e. The van der Waals surface area contributed by atoms with Crippen molar-refractivity contribution < 1.29 is 66.6 Å². The van der Waals surface area contributed by atoms with Gasteiger partial charge in [-0.3, -0.25) is 9.11 Å². The smallest absolute Gasteiger partial charge is 1.00 e. The first kappa shape index (κ1) is 30.8. The van der Waals surface area contributed by atoms with Crippen molar-refractivity contribution in [3.8, 4) is 5.75 Å². The van der Waals surface area contributed by atoms with Crippen molar-refractivity contribution in [2.24, 2.45) is 0 Å². The van der Waals surface area contributed by atoms with Crippen LogP contribution in [0.3, 0.4) is 0 Å². The molecule has 3 N–H and O–H groups in total. The maximum atomic E-state index is 12.3. The van der Waals surface area contributed by atoms with Gasteiger partial charge in [0.2, 0.25) is 0 Å². The molecular formula is C27H28N2NaO7S2+. The van der Waals surface area contributed by atoms with Crippen molar-refractivity contribution in [2.75, 3.05) is 33.1 Å². The monoisotopic (exact) mass is 579 g/mol. The van der Waals surface area contributed by atoms with E-state index in [2.05, 4.69) is 0 Å². The second kappa shape index (κ2) is 11.4. The number of rotatable bonds is 5. The average molecular weight is 580 g/mol. The first-order valence-electron chi connectivity index (χ1n) is 11.4. The molecule has 3 aromatic carbocycles. The van der Waals surface area contributed by atoms with Crippen LogP contribution in [0.4, 0.5) is 5.69 Å². The van der Waals surface area contributed by atoms with Crippen LogP contribution in [0.1, 0.15) is 12.6 Å². The van der Waals surface area contributed by atoms with Gasteiger partial charge in [-0.05, 0) is 64.4 Å². The standard InChI is InChI=1S/C27H26N2O7S2.Na.H/c1-28(2)20-9-5-17(6-10-20)25(18-7-11-21(12-8-18)29(3)4)26-23-14-13-22(37(31,32)33)15-19(23)16-24(27(26)30)38(34,35)36;;/h5-16H,1-4H3,(H2,31,32,33,34,35,36);;/q;+1;-1/p+1. The summed E-state index contributed by atoms with van der Waals surface area (Å²) in [4.78, 5) is 0.660. The first-order valence-corrected chi connectivity index (χ1v) is 14.2. The Labute approximate surface area is 251 Å². The zero-order valence-corrected chi connectivity index (χ0v) is 25.7. The van der Waals surface area contributed by atoms with Gasteiger partial charge < -0.3 is 11.4 Å². The van der Waals surface area contributed by atoms with E-state index >= 15 is 0 Å². The molecular weight excluding hydrogens is 551 g/mol. The van der Waals surface area contributed by atoms with Crippen molar-refractivity contribution >= 4 is 48.0 Å². The topological polar surface area (TPSA) is 135 Å². The van der Waals surface area contributed by atoms with Crippen LogP contribution in [-0.2, 0) is 20.2 Å². The molecule has 1 aliphatic carbocycles. The molecule has 200 valence electrons. The molecule has 0 amide bonds. The summed E-state index contributed by atoms with van der Waals surface area (Å²) in [5.74, 6) is -0.692. The molecule has 9 nitrogen and oxygen atoms in total. The summed E-state index contributed by atoms with van der Waals surface area (Å²) in [6.07, 6.45) is 7.38. The van der Waals surface area contributed by atoms with Crippen LogP contribution in [0.25, 0.3) is 16.3 Å². The number of nitrogens with zero attached hydrogens (tertiary/aromatic N) is 2. The van der Waals surface area contributed by atoms with Crippen LogP contribution in [0.15, 0.2) is 88.2 Å². The minimum atomic E-state index is -4.92. The third-order valence-corrected chi connectivity index (χ3v) is 7.94. The van der Waals surface area contributed by atoms with E-state index < -0.39 is 35.8 Å². The maximum Gasteiger partial charge on any atom is 1.00 e. The first-order chi connectivity index (χ1) is 17.7. The Morgan fingerprint density at radius 3 is 1.92 bits per heavy atom. The van der Waals surface area contributed by atoms with Crippen molar-refractivity contribution in [3.63, 3.8) is 0 Å². The van der Waals surface area contributed by atoms with Gasteiger partial charge in [0.15, 0.2) is 5.71 Å². The van der Waals surface area contributed by atoms with Crippen LogP contribution in [0.5, 0.6) is 5.75 Å². The van der Waals surface area contributed by atoms with Crippen LogP contribution < -0.4 is 34.5 Å². The van der Waals surface area contributed by atoms with Crippen LogP contribution in [0, 0.1) is 0 Å². The summed E-state index contributed by atoms with van der Waals surface area (Å²) in [6.45, 7) is 0. The van der Waals surface area contributed by atoms with E-state index in [9.17, 15) is 31.0 Å². The fraction of sp³-hybridized carbons (Fsp3) is 0.148. The Bertz CT molecular complexity index is 1790. The van der Waals surface area contributed by atoms with Crippen molar-refractivity contribution in [1.82, 2.24) is 0 Å². The minimum Gasteiger partial charge on any atom is -1.00 e. The van der Waals surface area contributed by atoms with E-state index in [4.69, 9.17) is 0 Å². The number of allylic oxidation sites excluding steroid dienone is 5. The molecule has 12 heteroatoms. The summed E-state index contributed by atoms with van der Waals surface area (Å²) in [5.41, 5.74) is 3.62. The van der Waals surface area contributed by atoms with Gasteiger partial charge in [0.1, 0.15) is 24.7 Å². The van der Waals surface area contributed by atoms with Crippen LogP contribution >= 0.6 is 0 Å². The molecule has 0 bridgehead atoms. The van der Waals surface area contributed by atoms with E-state index in [0.717, 1.165) is 29.6 Å². The molecule has 0 saturated heterocycles. The van der Waals surface area contributed by atoms with E-state index in [-0.39, 0.29) is 41.9 Å². The number of hydrogen-bond donors (Lipinski definition) is 3. The number of phenols is 1. The molecule has 0 aliphatic heterocycles. The zero-order valence-electron chi connectivity index (χ0n) is 23.1. The molecule has 0 fully saturated rings. The van der Waals surface area contributed by atoms with E-state index in [1.807, 2.05) is 86.2 Å². The molecule has 1 aliphatic rings. The van der Waals surface area contributed by atoms with Gasteiger partial charge in [0.25, 0.3) is 20.2 Å². The summed E-state index contributed by atoms with van der Waals surface area (Å²) in [6, 6.07) is 12.0. The predicted octanol–water partition coefficient (Wildman–Crippen LogP) is 0.862. The third kappa shape index (κ3) is 6.36. The third-order valence-electron chi connectivity index (χ3n) is 6.22. The van der Waals surface area contributed by atoms with Gasteiger partial charge >= 0.3 is 29.6 Å². The SMILES string of the molecule is CN(C)c1ccc(C(=C2C=CC(=[N+](C)C)C=C2)c2c(O)c(S(=O)(=O)O)cc3cc(S(=O)(=O)O)ccc23)cc1.[H-].[Na+]. The van der Waals surface area contributed by atoms with Crippen LogP contribution in [-0.4, -0.2) is 69.5 Å². The fourth-order valence-electron chi connectivity index (χ4n) is 4.27. The van der Waals surface area contributed by atoms with E-state index in [0.29, 0.717) is 22.1 Å².